The van der Waals surface area contributed by atoms with Crippen LogP contribution in [0.2, 0.25) is 0 Å². The third kappa shape index (κ3) is 9.63. The quantitative estimate of drug-likeness (QED) is 0.447. The minimum absolute atomic E-state index is 0. The van der Waals surface area contributed by atoms with Crippen LogP contribution in [0, 0.1) is 117 Å². The summed E-state index contributed by atoms with van der Waals surface area (Å²) in [7, 11) is 0. The van der Waals surface area contributed by atoms with E-state index in [1.165, 1.54) is 0 Å². The molecule has 0 spiro atoms. The third-order valence-corrected chi connectivity index (χ3v) is 0. The van der Waals surface area contributed by atoms with E-state index in [0.717, 1.165) is 0 Å². The summed E-state index contributed by atoms with van der Waals surface area (Å²) in [6, 6.07) is 0. The maximum Gasteiger partial charge on any atom is 0 e. The van der Waals surface area contributed by atoms with Crippen LogP contribution < -0.4 is 0 Å². The van der Waals surface area contributed by atoms with Crippen LogP contribution in [0.5, 0.6) is 0 Å². The minimum Gasteiger partial charge on any atom is 0 e. The summed E-state index contributed by atoms with van der Waals surface area (Å²) in [5.41, 5.74) is 0. The van der Waals surface area contributed by atoms with Gasteiger partial charge in [-0.3, -0.25) is 0 Å². The fourth-order valence-electron chi connectivity index (χ4n) is 0. The van der Waals surface area contributed by atoms with Gasteiger partial charge in [-0.05, 0) is 0 Å². The van der Waals surface area contributed by atoms with Crippen molar-refractivity contribution in [2.75, 3.05) is 0 Å². The zero-order chi connectivity index (χ0) is 0. The second-order valence-electron chi connectivity index (χ2n) is 0. The van der Waals surface area contributed by atoms with Gasteiger partial charge in [-0.1, -0.05) is 0 Å². The van der Waals surface area contributed by atoms with Gasteiger partial charge in [0.1, 0.15) is 0 Å². The van der Waals surface area contributed by atoms with Gasteiger partial charge in [0.15, 0.2) is 0 Å². The Morgan fingerprint density at radius 2 is 1.00 bits per heavy atom. The Hall–Kier alpha value is 4.39. The first-order chi connectivity index (χ1) is 0. The van der Waals surface area contributed by atoms with Crippen LogP contribution in [0.1, 0.15) is 0 Å². The van der Waals surface area contributed by atoms with Crippen LogP contribution in [0.4, 0.5) is 0 Å². The fraction of sp³-hybridized carbons (Fsp3) is 0. The Morgan fingerprint density at radius 3 is 1.00 bits per heavy atom. The Bertz CT molecular complexity index is 8.00. The van der Waals surface area contributed by atoms with Crippen molar-refractivity contribution in [3.8, 4) is 0 Å². The van der Waals surface area contributed by atoms with E-state index in [2.05, 4.69) is 0 Å². The molecule has 2 radical (unpaired) electrons. The normalized spacial score (nSPS) is 0. The minimum atomic E-state index is 0. The Kier molecular flexibility index (Phi) is 93.1. The molecule has 4 heavy (non-hydrogen) atoms. The summed E-state index contributed by atoms with van der Waals surface area (Å²) in [5, 5.41) is 0. The Labute approximate surface area is 129 Å². The van der Waals surface area contributed by atoms with Crippen molar-refractivity contribution in [3.63, 3.8) is 0 Å². The molecule has 0 bridgehead atoms. The molecule has 0 nitrogen and oxygen atoms in total. The summed E-state index contributed by atoms with van der Waals surface area (Å²) >= 11 is 0. The average Bonchev–Trinajstić information content (AvgIpc) is 0. The van der Waals surface area contributed by atoms with Crippen LogP contribution in [0.3, 0.4) is 0 Å². The monoisotopic (exact) mass is 492 g/mol. The molecule has 22 valence electrons. The van der Waals surface area contributed by atoms with E-state index in [-0.39, 0.29) is 134 Å². The number of rotatable bonds is 0. The predicted molar refractivity (Wildman–Crippen MR) is 0 cm³/mol. The topological polar surface area (TPSA) is 0 Å². The molecule has 0 atom stereocenters. The van der Waals surface area contributed by atoms with Crippen LogP contribution in [-0.4, -0.2) is 0 Å². The number of hydrogen-bond acceptors (Lipinski definition) is 0. The van der Waals surface area contributed by atoms with E-state index < -0.39 is 0 Å². The van der Waals surface area contributed by atoms with Gasteiger partial charge in [-0.2, -0.15) is 0 Å². The van der Waals surface area contributed by atoms with Gasteiger partial charge < -0.3 is 0 Å². The van der Waals surface area contributed by atoms with Crippen LogP contribution in [0.25, 0.3) is 0 Å². The maximum atomic E-state index is 0. The van der Waals surface area contributed by atoms with E-state index in [9.17, 15) is 0 Å². The molecule has 0 aromatic heterocycles. The van der Waals surface area contributed by atoms with E-state index in [0.29, 0.717) is 0 Å². The molecule has 4 heteroatoms. The van der Waals surface area contributed by atoms with Crippen molar-refractivity contribution in [1.82, 2.24) is 0 Å². The largest absolute Gasteiger partial charge is 0 e. The molecule has 0 unspecified atom stereocenters. The van der Waals surface area contributed by atoms with Crippen molar-refractivity contribution in [2.24, 2.45) is 0 Å². The second-order valence-corrected chi connectivity index (χ2v) is 0. The van der Waals surface area contributed by atoms with Crippen LogP contribution in [-0.2, 0) is 16.8 Å². The van der Waals surface area contributed by atoms with Gasteiger partial charge in [0.2, 0.25) is 0 Å². The molecule has 0 aliphatic heterocycles. The van der Waals surface area contributed by atoms with E-state index in [4.69, 9.17) is 0 Å². The van der Waals surface area contributed by atoms with Gasteiger partial charge in [-0.25, -0.2) is 0 Å². The zero-order valence-electron chi connectivity index (χ0n) is 1.82. The molecule has 0 N–H and O–H groups in total. The first kappa shape index (κ1) is 23.8. The van der Waals surface area contributed by atoms with E-state index in [1.54, 1.807) is 0 Å². The molecular weight excluding hydrogens is 492 g/mol. The molecule has 0 heterocycles. The average molecular weight is 492 g/mol. The molecule has 0 fully saturated rings. The summed E-state index contributed by atoms with van der Waals surface area (Å²) < 4.78 is 0. The molecule has 0 aromatic rings. The Morgan fingerprint density at radius 1 is 1.00 bits per heavy atom. The van der Waals surface area contributed by atoms with Gasteiger partial charge in [-0.15, -0.1) is 0 Å². The smallest absolute Gasteiger partial charge is 0 e. The number of hydrogen-bond donors (Lipinski definition) is 0. The molecule has 0 saturated carbocycles. The molecule has 0 aromatic carbocycles. The first-order valence-electron chi connectivity index (χ1n) is 0. The van der Waals surface area contributed by atoms with Crippen molar-refractivity contribution in [3.05, 3.63) is 0 Å². The van der Waals surface area contributed by atoms with Crippen LogP contribution in [0.15, 0.2) is 0 Å². The molecule has 0 saturated heterocycles. The van der Waals surface area contributed by atoms with Crippen molar-refractivity contribution in [1.29, 1.82) is 0 Å². The van der Waals surface area contributed by atoms with Crippen molar-refractivity contribution < 1.29 is 134 Å². The molecule has 0 amide bonds. The van der Waals surface area contributed by atoms with Crippen molar-refractivity contribution >= 4 is 0 Å². The molecule has 0 aliphatic rings. The van der Waals surface area contributed by atoms with E-state index >= 15 is 0 Å². The second kappa shape index (κ2) is 15.7. The fourth-order valence-corrected chi connectivity index (χ4v) is 0. The first-order valence-corrected chi connectivity index (χ1v) is 0. The molecular formula is CoLaNdSm. The molecule has 0 rings (SSSR count). The van der Waals surface area contributed by atoms with Gasteiger partial charge in [0, 0.05) is 134 Å². The maximum absolute atomic E-state index is 0. The van der Waals surface area contributed by atoms with E-state index in [1.807, 2.05) is 0 Å². The Balaban J connectivity index is 0. The summed E-state index contributed by atoms with van der Waals surface area (Å²) in [6.07, 6.45) is 0. The summed E-state index contributed by atoms with van der Waals surface area (Å²) in [5.74, 6) is 0. The summed E-state index contributed by atoms with van der Waals surface area (Å²) in [6.45, 7) is 0. The molecule has 0 aliphatic carbocycles. The standard InChI is InChI=1S/Co.La.Nd.Sm. The SMILES string of the molecule is [Co].[La].[Nd].[Sm]. The zero-order valence-corrected chi connectivity index (χ0v) is 12.3. The van der Waals surface area contributed by atoms with Crippen LogP contribution >= 0.6 is 0 Å². The van der Waals surface area contributed by atoms with Crippen molar-refractivity contribution in [2.45, 2.75) is 0 Å². The van der Waals surface area contributed by atoms with Gasteiger partial charge in [0.25, 0.3) is 0 Å². The van der Waals surface area contributed by atoms with Gasteiger partial charge in [0.05, 0.1) is 0 Å². The predicted octanol–water partition coefficient (Wildman–Crippen LogP) is -0.00250. The van der Waals surface area contributed by atoms with Gasteiger partial charge >= 0.3 is 0 Å². The third-order valence-electron chi connectivity index (χ3n) is 0. The summed E-state index contributed by atoms with van der Waals surface area (Å²) in [4.78, 5) is 0.